The largest absolute Gasteiger partial charge is 0.378 e. The zero-order valence-corrected chi connectivity index (χ0v) is 17.4. The van der Waals surface area contributed by atoms with Crippen LogP contribution in [0, 0.1) is 5.41 Å². The van der Waals surface area contributed by atoms with Gasteiger partial charge in [-0.05, 0) is 51.4 Å². The molecule has 0 saturated carbocycles. The Morgan fingerprint density at radius 2 is 2.09 bits per heavy atom. The van der Waals surface area contributed by atoms with Gasteiger partial charge in [-0.15, -0.1) is 24.0 Å². The summed E-state index contributed by atoms with van der Waals surface area (Å²) in [4.78, 5) is 4.68. The first-order chi connectivity index (χ1) is 9.90. The minimum Gasteiger partial charge on any atom is -0.378 e. The number of nitrogens with one attached hydrogen (secondary N) is 2. The van der Waals surface area contributed by atoms with Crippen molar-refractivity contribution in [3.05, 3.63) is 0 Å². The Morgan fingerprint density at radius 3 is 2.64 bits per heavy atom. The fourth-order valence-electron chi connectivity index (χ4n) is 2.47. The molecule has 132 valence electrons. The number of guanidine groups is 1. The molecule has 0 spiro atoms. The molecular formula is C17H36IN3O. The second-order valence-corrected chi connectivity index (χ2v) is 7.33. The van der Waals surface area contributed by atoms with Crippen molar-refractivity contribution in [3.8, 4) is 0 Å². The van der Waals surface area contributed by atoms with Gasteiger partial charge in [0.1, 0.15) is 0 Å². The summed E-state index contributed by atoms with van der Waals surface area (Å²) < 4.78 is 5.64. The highest BCUT2D eigenvalue weighted by Crippen LogP contribution is 2.21. The highest BCUT2D eigenvalue weighted by molar-refractivity contribution is 14.0. The molecule has 0 bridgehead atoms. The SMILES string of the molecule is CCNC(=NCCC1CCCO1)NC(C)CCC(C)(C)C.I. The summed E-state index contributed by atoms with van der Waals surface area (Å²) in [5, 5.41) is 6.85. The second kappa shape index (κ2) is 11.5. The Balaban J connectivity index is 0.00000441. The number of nitrogens with zero attached hydrogens (tertiary/aromatic N) is 1. The molecule has 0 aliphatic carbocycles. The third-order valence-corrected chi connectivity index (χ3v) is 3.80. The Morgan fingerprint density at radius 1 is 1.36 bits per heavy atom. The molecule has 1 rings (SSSR count). The van der Waals surface area contributed by atoms with E-state index in [9.17, 15) is 0 Å². The van der Waals surface area contributed by atoms with Crippen molar-refractivity contribution < 1.29 is 4.74 Å². The summed E-state index contributed by atoms with van der Waals surface area (Å²) in [5.41, 5.74) is 0.394. The Labute approximate surface area is 154 Å². The maximum Gasteiger partial charge on any atom is 0.191 e. The number of halogens is 1. The lowest BCUT2D eigenvalue weighted by Gasteiger charge is -2.23. The van der Waals surface area contributed by atoms with E-state index in [1.165, 1.54) is 25.7 Å². The van der Waals surface area contributed by atoms with E-state index in [1.54, 1.807) is 0 Å². The molecule has 22 heavy (non-hydrogen) atoms. The molecule has 0 radical (unpaired) electrons. The topological polar surface area (TPSA) is 45.7 Å². The van der Waals surface area contributed by atoms with Crippen LogP contribution < -0.4 is 10.6 Å². The van der Waals surface area contributed by atoms with Crippen LogP contribution in [0.15, 0.2) is 4.99 Å². The monoisotopic (exact) mass is 425 g/mol. The summed E-state index contributed by atoms with van der Waals surface area (Å²) in [7, 11) is 0. The van der Waals surface area contributed by atoms with Gasteiger partial charge in [0.15, 0.2) is 5.96 Å². The Kier molecular flexibility index (Phi) is 11.5. The fourth-order valence-corrected chi connectivity index (χ4v) is 2.47. The standard InChI is InChI=1S/C17H35N3O.HI/c1-6-18-16(19-12-10-15-8-7-13-21-15)20-14(2)9-11-17(3,4)5;/h14-15H,6-13H2,1-5H3,(H2,18,19,20);1H. The van der Waals surface area contributed by atoms with Gasteiger partial charge in [-0.25, -0.2) is 0 Å². The molecule has 1 saturated heterocycles. The number of hydrogen-bond acceptors (Lipinski definition) is 2. The lowest BCUT2D eigenvalue weighted by Crippen LogP contribution is -2.42. The van der Waals surface area contributed by atoms with E-state index in [0.29, 0.717) is 17.6 Å². The van der Waals surface area contributed by atoms with Crippen molar-refractivity contribution in [2.75, 3.05) is 19.7 Å². The minimum atomic E-state index is 0. The van der Waals surface area contributed by atoms with E-state index < -0.39 is 0 Å². The van der Waals surface area contributed by atoms with Crippen LogP contribution in [0.2, 0.25) is 0 Å². The van der Waals surface area contributed by atoms with Crippen LogP contribution in [0.1, 0.15) is 66.7 Å². The highest BCUT2D eigenvalue weighted by Gasteiger charge is 2.15. The molecule has 0 aromatic carbocycles. The zero-order chi connectivity index (χ0) is 15.7. The van der Waals surface area contributed by atoms with Crippen molar-refractivity contribution in [2.24, 2.45) is 10.4 Å². The molecule has 0 aromatic rings. The Bertz CT molecular complexity index is 310. The van der Waals surface area contributed by atoms with Gasteiger partial charge >= 0.3 is 0 Å². The quantitative estimate of drug-likeness (QED) is 0.369. The zero-order valence-electron chi connectivity index (χ0n) is 15.1. The second-order valence-electron chi connectivity index (χ2n) is 7.33. The van der Waals surface area contributed by atoms with Crippen LogP contribution >= 0.6 is 24.0 Å². The van der Waals surface area contributed by atoms with Gasteiger partial charge in [-0.3, -0.25) is 4.99 Å². The molecule has 2 atom stereocenters. The van der Waals surface area contributed by atoms with E-state index in [-0.39, 0.29) is 24.0 Å². The molecule has 2 N–H and O–H groups in total. The lowest BCUT2D eigenvalue weighted by atomic mass is 9.89. The number of hydrogen-bond donors (Lipinski definition) is 2. The highest BCUT2D eigenvalue weighted by atomic mass is 127. The molecule has 1 heterocycles. The maximum absolute atomic E-state index is 5.64. The summed E-state index contributed by atoms with van der Waals surface area (Å²) in [6.45, 7) is 13.9. The van der Waals surface area contributed by atoms with Crippen molar-refractivity contribution in [1.29, 1.82) is 0 Å². The normalized spacial score (nSPS) is 20.4. The van der Waals surface area contributed by atoms with Crippen molar-refractivity contribution in [1.82, 2.24) is 10.6 Å². The molecule has 0 aromatic heterocycles. The molecule has 4 nitrogen and oxygen atoms in total. The first-order valence-corrected chi connectivity index (χ1v) is 8.57. The van der Waals surface area contributed by atoms with Crippen molar-refractivity contribution in [2.45, 2.75) is 78.9 Å². The van der Waals surface area contributed by atoms with E-state index in [2.05, 4.69) is 50.2 Å². The van der Waals surface area contributed by atoms with E-state index in [1.807, 2.05) is 0 Å². The summed E-state index contributed by atoms with van der Waals surface area (Å²) in [6, 6.07) is 0.449. The maximum atomic E-state index is 5.64. The van der Waals surface area contributed by atoms with Gasteiger partial charge in [0.2, 0.25) is 0 Å². The molecule has 2 unspecified atom stereocenters. The van der Waals surface area contributed by atoms with Gasteiger partial charge in [0.05, 0.1) is 6.10 Å². The Hall–Kier alpha value is -0.0400. The first-order valence-electron chi connectivity index (χ1n) is 8.57. The molecule has 1 aliphatic heterocycles. The average Bonchev–Trinajstić information content (AvgIpc) is 2.89. The number of rotatable bonds is 7. The summed E-state index contributed by atoms with van der Waals surface area (Å²) in [5.74, 6) is 0.942. The smallest absolute Gasteiger partial charge is 0.191 e. The van der Waals surface area contributed by atoms with E-state index >= 15 is 0 Å². The molecule has 5 heteroatoms. The van der Waals surface area contributed by atoms with E-state index in [4.69, 9.17) is 4.74 Å². The fraction of sp³-hybridized carbons (Fsp3) is 0.941. The van der Waals surface area contributed by atoms with Gasteiger partial charge in [0, 0.05) is 25.7 Å². The van der Waals surface area contributed by atoms with Crippen LogP contribution in [0.4, 0.5) is 0 Å². The third kappa shape index (κ3) is 10.6. The molecule has 0 amide bonds. The van der Waals surface area contributed by atoms with Crippen LogP contribution in [0.5, 0.6) is 0 Å². The van der Waals surface area contributed by atoms with Gasteiger partial charge in [0.25, 0.3) is 0 Å². The lowest BCUT2D eigenvalue weighted by molar-refractivity contribution is 0.106. The third-order valence-electron chi connectivity index (χ3n) is 3.80. The van der Waals surface area contributed by atoms with Crippen LogP contribution in [0.25, 0.3) is 0 Å². The van der Waals surface area contributed by atoms with Gasteiger partial charge in [-0.2, -0.15) is 0 Å². The van der Waals surface area contributed by atoms with Crippen LogP contribution in [-0.2, 0) is 4.74 Å². The van der Waals surface area contributed by atoms with E-state index in [0.717, 1.165) is 32.1 Å². The average molecular weight is 425 g/mol. The van der Waals surface area contributed by atoms with Crippen LogP contribution in [0.3, 0.4) is 0 Å². The van der Waals surface area contributed by atoms with Gasteiger partial charge < -0.3 is 15.4 Å². The molecular weight excluding hydrogens is 389 g/mol. The molecule has 1 aliphatic rings. The van der Waals surface area contributed by atoms with Crippen molar-refractivity contribution >= 4 is 29.9 Å². The molecule has 1 fully saturated rings. The number of aliphatic imine (C=N–C) groups is 1. The van der Waals surface area contributed by atoms with Gasteiger partial charge in [-0.1, -0.05) is 20.8 Å². The predicted octanol–water partition coefficient (Wildman–Crippen LogP) is 3.94. The summed E-state index contributed by atoms with van der Waals surface area (Å²) >= 11 is 0. The number of ether oxygens (including phenoxy) is 1. The van der Waals surface area contributed by atoms with Crippen molar-refractivity contribution in [3.63, 3.8) is 0 Å². The predicted molar refractivity (Wildman–Crippen MR) is 106 cm³/mol. The summed E-state index contributed by atoms with van der Waals surface area (Å²) in [6.07, 6.45) is 6.25. The minimum absolute atomic E-state index is 0. The first kappa shape index (κ1) is 22.0. The van der Waals surface area contributed by atoms with Crippen LogP contribution in [-0.4, -0.2) is 37.8 Å².